The summed E-state index contributed by atoms with van der Waals surface area (Å²) in [5.74, 6) is 0.893. The predicted molar refractivity (Wildman–Crippen MR) is 106 cm³/mol. The third kappa shape index (κ3) is 4.04. The first-order chi connectivity index (χ1) is 13.1. The van der Waals surface area contributed by atoms with Gasteiger partial charge in [-0.1, -0.05) is 23.7 Å². The van der Waals surface area contributed by atoms with Gasteiger partial charge in [0.05, 0.1) is 0 Å². The summed E-state index contributed by atoms with van der Waals surface area (Å²) in [4.78, 5) is 10.7. The minimum atomic E-state index is 0.252. The fraction of sp³-hybridized carbons (Fsp3) is 0.143. The standard InChI is InChI=1S/C21H18ClN3O2/c1-14-24-19-11-17(5-6-20(19)27-14)25(12-15-3-2-4-18(26)9-15)13-16-7-8-23-21(22)10-16/h2-11,26H,12-13H2,1H3. The number of phenols is 1. The zero-order valence-corrected chi connectivity index (χ0v) is 15.5. The number of aryl methyl sites for hydroxylation is 1. The van der Waals surface area contributed by atoms with Crippen LogP contribution < -0.4 is 4.90 Å². The van der Waals surface area contributed by atoms with Gasteiger partial charge < -0.3 is 14.4 Å². The molecule has 0 unspecified atom stereocenters. The first kappa shape index (κ1) is 17.4. The second-order valence-electron chi connectivity index (χ2n) is 6.40. The summed E-state index contributed by atoms with van der Waals surface area (Å²) in [6, 6.07) is 17.0. The molecule has 4 rings (SSSR count). The molecule has 2 heterocycles. The van der Waals surface area contributed by atoms with Crippen LogP contribution in [0, 0.1) is 6.92 Å². The number of rotatable bonds is 5. The van der Waals surface area contributed by atoms with Crippen LogP contribution in [0.5, 0.6) is 5.75 Å². The molecule has 0 saturated carbocycles. The normalized spacial score (nSPS) is 11.0. The summed E-state index contributed by atoms with van der Waals surface area (Å²) in [5.41, 5.74) is 4.64. The number of hydrogen-bond donors (Lipinski definition) is 1. The lowest BCUT2D eigenvalue weighted by Gasteiger charge is -2.25. The van der Waals surface area contributed by atoms with Crippen LogP contribution in [0.4, 0.5) is 5.69 Å². The number of anilines is 1. The number of halogens is 1. The summed E-state index contributed by atoms with van der Waals surface area (Å²) in [6.45, 7) is 3.10. The van der Waals surface area contributed by atoms with E-state index >= 15 is 0 Å². The maximum atomic E-state index is 9.80. The molecule has 0 saturated heterocycles. The molecule has 0 amide bonds. The average molecular weight is 380 g/mol. The Hall–Kier alpha value is -3.05. The summed E-state index contributed by atoms with van der Waals surface area (Å²) in [5, 5.41) is 10.3. The highest BCUT2D eigenvalue weighted by atomic mass is 35.5. The maximum Gasteiger partial charge on any atom is 0.192 e. The fourth-order valence-electron chi connectivity index (χ4n) is 3.10. The number of aromatic hydroxyl groups is 1. The molecule has 136 valence electrons. The first-order valence-corrected chi connectivity index (χ1v) is 8.95. The molecule has 0 aliphatic rings. The van der Waals surface area contributed by atoms with Crippen molar-refractivity contribution >= 4 is 28.4 Å². The Morgan fingerprint density at radius 1 is 1.04 bits per heavy atom. The minimum absolute atomic E-state index is 0.252. The maximum absolute atomic E-state index is 9.80. The molecule has 2 aromatic carbocycles. The predicted octanol–water partition coefficient (Wildman–Crippen LogP) is 5.10. The monoisotopic (exact) mass is 379 g/mol. The van der Waals surface area contributed by atoms with Crippen LogP contribution in [0.1, 0.15) is 17.0 Å². The highest BCUT2D eigenvalue weighted by molar-refractivity contribution is 6.29. The van der Waals surface area contributed by atoms with Gasteiger partial charge in [-0.25, -0.2) is 9.97 Å². The summed E-state index contributed by atoms with van der Waals surface area (Å²) in [6.07, 6.45) is 1.70. The van der Waals surface area contributed by atoms with Crippen molar-refractivity contribution in [2.75, 3.05) is 4.90 Å². The Morgan fingerprint density at radius 2 is 1.85 bits per heavy atom. The topological polar surface area (TPSA) is 62.4 Å². The molecule has 0 atom stereocenters. The number of fused-ring (bicyclic) bond motifs is 1. The molecular weight excluding hydrogens is 362 g/mol. The SMILES string of the molecule is Cc1nc2cc(N(Cc3cccc(O)c3)Cc3ccnc(Cl)c3)ccc2o1. The van der Waals surface area contributed by atoms with E-state index in [0.717, 1.165) is 27.9 Å². The average Bonchev–Trinajstić information content (AvgIpc) is 3.00. The number of aromatic nitrogens is 2. The van der Waals surface area contributed by atoms with Crippen LogP contribution in [0.15, 0.2) is 65.2 Å². The van der Waals surface area contributed by atoms with E-state index in [2.05, 4.69) is 14.9 Å². The van der Waals surface area contributed by atoms with Gasteiger partial charge in [-0.05, 0) is 53.6 Å². The number of pyridine rings is 1. The van der Waals surface area contributed by atoms with Crippen molar-refractivity contribution < 1.29 is 9.52 Å². The summed E-state index contributed by atoms with van der Waals surface area (Å²) in [7, 11) is 0. The third-order valence-corrected chi connectivity index (χ3v) is 4.50. The summed E-state index contributed by atoms with van der Waals surface area (Å²) < 4.78 is 5.58. The van der Waals surface area contributed by atoms with Gasteiger partial charge in [0.1, 0.15) is 16.4 Å². The van der Waals surface area contributed by atoms with Crippen molar-refractivity contribution in [3.8, 4) is 5.75 Å². The van der Waals surface area contributed by atoms with Gasteiger partial charge >= 0.3 is 0 Å². The Morgan fingerprint density at radius 3 is 2.63 bits per heavy atom. The van der Waals surface area contributed by atoms with Gasteiger partial charge in [0.2, 0.25) is 0 Å². The smallest absolute Gasteiger partial charge is 0.192 e. The van der Waals surface area contributed by atoms with Crippen LogP contribution in [-0.2, 0) is 13.1 Å². The lowest BCUT2D eigenvalue weighted by molar-refractivity contribution is 0.474. The Kier molecular flexibility index (Phi) is 4.69. The third-order valence-electron chi connectivity index (χ3n) is 4.29. The molecule has 2 aromatic heterocycles. The highest BCUT2D eigenvalue weighted by Crippen LogP contribution is 2.26. The molecule has 4 aromatic rings. The molecule has 0 radical (unpaired) electrons. The molecule has 0 aliphatic carbocycles. The van der Waals surface area contributed by atoms with Crippen LogP contribution >= 0.6 is 11.6 Å². The van der Waals surface area contributed by atoms with Crippen molar-refractivity contribution in [3.63, 3.8) is 0 Å². The van der Waals surface area contributed by atoms with E-state index in [1.807, 2.05) is 49.4 Å². The van der Waals surface area contributed by atoms with Gasteiger partial charge in [0.25, 0.3) is 0 Å². The fourth-order valence-corrected chi connectivity index (χ4v) is 3.30. The van der Waals surface area contributed by atoms with Gasteiger partial charge in [0, 0.05) is 31.9 Å². The minimum Gasteiger partial charge on any atom is -0.508 e. The van der Waals surface area contributed by atoms with Crippen LogP contribution in [0.3, 0.4) is 0 Å². The highest BCUT2D eigenvalue weighted by Gasteiger charge is 2.12. The largest absolute Gasteiger partial charge is 0.508 e. The zero-order valence-electron chi connectivity index (χ0n) is 14.8. The number of hydrogen-bond acceptors (Lipinski definition) is 5. The molecule has 0 bridgehead atoms. The van der Waals surface area contributed by atoms with Gasteiger partial charge in [-0.2, -0.15) is 0 Å². The lowest BCUT2D eigenvalue weighted by atomic mass is 10.1. The van der Waals surface area contributed by atoms with E-state index < -0.39 is 0 Å². The van der Waals surface area contributed by atoms with Crippen LogP contribution in [-0.4, -0.2) is 15.1 Å². The number of phenolic OH excluding ortho intramolecular Hbond substituents is 1. The van der Waals surface area contributed by atoms with Crippen molar-refractivity contribution in [2.24, 2.45) is 0 Å². The Bertz CT molecular complexity index is 1050. The van der Waals surface area contributed by atoms with Crippen molar-refractivity contribution in [3.05, 3.63) is 83.0 Å². The van der Waals surface area contributed by atoms with Gasteiger partial charge in [0.15, 0.2) is 11.5 Å². The molecule has 0 aliphatic heterocycles. The molecule has 6 heteroatoms. The molecule has 27 heavy (non-hydrogen) atoms. The van der Waals surface area contributed by atoms with E-state index in [0.29, 0.717) is 24.1 Å². The molecule has 1 N–H and O–H groups in total. The van der Waals surface area contributed by atoms with Crippen molar-refractivity contribution in [2.45, 2.75) is 20.0 Å². The van der Waals surface area contributed by atoms with Gasteiger partial charge in [-0.3, -0.25) is 0 Å². The van der Waals surface area contributed by atoms with E-state index in [9.17, 15) is 5.11 Å². The molecule has 0 spiro atoms. The van der Waals surface area contributed by atoms with Crippen molar-refractivity contribution in [1.82, 2.24) is 9.97 Å². The van der Waals surface area contributed by atoms with Crippen LogP contribution in [0.2, 0.25) is 5.15 Å². The Balaban J connectivity index is 1.71. The van der Waals surface area contributed by atoms with E-state index in [-0.39, 0.29) is 5.75 Å². The van der Waals surface area contributed by atoms with E-state index in [1.54, 1.807) is 18.3 Å². The van der Waals surface area contributed by atoms with Gasteiger partial charge in [-0.15, -0.1) is 0 Å². The quantitative estimate of drug-likeness (QED) is 0.489. The number of oxazole rings is 1. The zero-order chi connectivity index (χ0) is 18.8. The summed E-state index contributed by atoms with van der Waals surface area (Å²) >= 11 is 6.05. The van der Waals surface area contributed by atoms with E-state index in [1.165, 1.54) is 0 Å². The second-order valence-corrected chi connectivity index (χ2v) is 6.78. The number of nitrogens with zero attached hydrogens (tertiary/aromatic N) is 3. The molecule has 0 fully saturated rings. The first-order valence-electron chi connectivity index (χ1n) is 8.57. The second kappa shape index (κ2) is 7.29. The Labute approximate surface area is 161 Å². The number of benzene rings is 2. The molecular formula is C21H18ClN3O2. The van der Waals surface area contributed by atoms with Crippen molar-refractivity contribution in [1.29, 1.82) is 0 Å². The van der Waals surface area contributed by atoms with E-state index in [4.69, 9.17) is 16.0 Å². The van der Waals surface area contributed by atoms with Crippen LogP contribution in [0.25, 0.3) is 11.1 Å². The lowest BCUT2D eigenvalue weighted by Crippen LogP contribution is -2.22. The molecule has 5 nitrogen and oxygen atoms in total.